The van der Waals surface area contributed by atoms with E-state index >= 15 is 0 Å². The molecule has 0 saturated heterocycles. The molecule has 0 aliphatic heterocycles. The SMILES string of the molecule is CC(=O)c1ccccc1NC(=O)[C@H](C)OC(=O)COc1ccccc1C(C)C. The van der Waals surface area contributed by atoms with Crippen molar-refractivity contribution in [1.29, 1.82) is 0 Å². The van der Waals surface area contributed by atoms with Crippen molar-refractivity contribution < 1.29 is 23.9 Å². The van der Waals surface area contributed by atoms with Crippen LogP contribution in [0, 0.1) is 0 Å². The van der Waals surface area contributed by atoms with Gasteiger partial charge in [0.15, 0.2) is 18.5 Å². The first-order valence-corrected chi connectivity index (χ1v) is 9.11. The van der Waals surface area contributed by atoms with Gasteiger partial charge in [0.1, 0.15) is 5.75 Å². The Hall–Kier alpha value is -3.15. The predicted octanol–water partition coefficient (Wildman–Crippen LogP) is 3.96. The monoisotopic (exact) mass is 383 g/mol. The second kappa shape index (κ2) is 9.69. The molecule has 0 spiro atoms. The summed E-state index contributed by atoms with van der Waals surface area (Å²) in [6.45, 7) is 6.65. The molecule has 1 amide bonds. The number of anilines is 1. The summed E-state index contributed by atoms with van der Waals surface area (Å²) < 4.78 is 10.7. The Bertz CT molecular complexity index is 860. The Labute approximate surface area is 164 Å². The van der Waals surface area contributed by atoms with Crippen LogP contribution < -0.4 is 10.1 Å². The lowest BCUT2D eigenvalue weighted by Crippen LogP contribution is -2.32. The van der Waals surface area contributed by atoms with Gasteiger partial charge in [0.25, 0.3) is 5.91 Å². The normalized spacial score (nSPS) is 11.6. The van der Waals surface area contributed by atoms with E-state index in [-0.39, 0.29) is 18.3 Å². The van der Waals surface area contributed by atoms with Crippen molar-refractivity contribution in [3.05, 3.63) is 59.7 Å². The zero-order valence-corrected chi connectivity index (χ0v) is 16.5. The molecule has 0 radical (unpaired) electrons. The van der Waals surface area contributed by atoms with Crippen LogP contribution in [0.3, 0.4) is 0 Å². The third kappa shape index (κ3) is 5.67. The van der Waals surface area contributed by atoms with Gasteiger partial charge in [-0.2, -0.15) is 0 Å². The van der Waals surface area contributed by atoms with Gasteiger partial charge in [-0.15, -0.1) is 0 Å². The molecule has 1 N–H and O–H groups in total. The summed E-state index contributed by atoms with van der Waals surface area (Å²) >= 11 is 0. The first-order chi connectivity index (χ1) is 13.3. The quantitative estimate of drug-likeness (QED) is 0.551. The van der Waals surface area contributed by atoms with Gasteiger partial charge in [-0.05, 0) is 43.5 Å². The van der Waals surface area contributed by atoms with Crippen LogP contribution >= 0.6 is 0 Å². The highest BCUT2D eigenvalue weighted by atomic mass is 16.6. The molecular weight excluding hydrogens is 358 g/mol. The third-order valence-electron chi connectivity index (χ3n) is 4.13. The van der Waals surface area contributed by atoms with E-state index in [4.69, 9.17) is 9.47 Å². The minimum Gasteiger partial charge on any atom is -0.482 e. The van der Waals surface area contributed by atoms with E-state index in [1.807, 2.05) is 32.0 Å². The molecule has 1 atom stereocenters. The Morgan fingerprint density at radius 2 is 1.61 bits per heavy atom. The van der Waals surface area contributed by atoms with Crippen LogP contribution in [0.25, 0.3) is 0 Å². The lowest BCUT2D eigenvalue weighted by Gasteiger charge is -2.16. The lowest BCUT2D eigenvalue weighted by atomic mass is 10.0. The molecule has 0 aliphatic carbocycles. The van der Waals surface area contributed by atoms with Crippen LogP contribution in [0.1, 0.15) is 49.5 Å². The van der Waals surface area contributed by atoms with Crippen molar-refractivity contribution in [1.82, 2.24) is 0 Å². The van der Waals surface area contributed by atoms with Crippen LogP contribution in [-0.2, 0) is 14.3 Å². The Kier molecular flexibility index (Phi) is 7.32. The van der Waals surface area contributed by atoms with E-state index in [1.54, 1.807) is 30.3 Å². The fourth-order valence-corrected chi connectivity index (χ4v) is 2.64. The van der Waals surface area contributed by atoms with Crippen molar-refractivity contribution in [2.45, 2.75) is 39.7 Å². The highest BCUT2D eigenvalue weighted by Gasteiger charge is 2.20. The number of nitrogens with one attached hydrogen (secondary N) is 1. The molecule has 28 heavy (non-hydrogen) atoms. The van der Waals surface area contributed by atoms with Gasteiger partial charge in [-0.3, -0.25) is 9.59 Å². The zero-order valence-electron chi connectivity index (χ0n) is 16.5. The van der Waals surface area contributed by atoms with Gasteiger partial charge in [0.05, 0.1) is 5.69 Å². The first-order valence-electron chi connectivity index (χ1n) is 9.11. The fraction of sp³-hybridized carbons (Fsp3) is 0.318. The summed E-state index contributed by atoms with van der Waals surface area (Å²) in [6.07, 6.45) is -1.03. The van der Waals surface area contributed by atoms with Gasteiger partial charge in [-0.25, -0.2) is 4.79 Å². The number of hydrogen-bond acceptors (Lipinski definition) is 5. The standard InChI is InChI=1S/C22H25NO5/c1-14(2)17-9-6-8-12-20(17)27-13-21(25)28-16(4)22(26)23-19-11-7-5-10-18(19)15(3)24/h5-12,14,16H,13H2,1-4H3,(H,23,26)/t16-/m0/s1. The number of amides is 1. The number of benzene rings is 2. The van der Waals surface area contributed by atoms with Gasteiger partial charge < -0.3 is 14.8 Å². The van der Waals surface area contributed by atoms with E-state index in [1.165, 1.54) is 13.8 Å². The highest BCUT2D eigenvalue weighted by molar-refractivity contribution is 6.04. The van der Waals surface area contributed by atoms with E-state index < -0.39 is 18.0 Å². The molecule has 0 bridgehead atoms. The molecule has 0 fully saturated rings. The second-order valence-corrected chi connectivity index (χ2v) is 6.70. The summed E-state index contributed by atoms with van der Waals surface area (Å²) in [5.41, 5.74) is 1.76. The van der Waals surface area contributed by atoms with Crippen molar-refractivity contribution in [2.24, 2.45) is 0 Å². The maximum atomic E-state index is 12.3. The van der Waals surface area contributed by atoms with Gasteiger partial charge in [-0.1, -0.05) is 44.2 Å². The Morgan fingerprint density at radius 1 is 0.964 bits per heavy atom. The van der Waals surface area contributed by atoms with Gasteiger partial charge in [0.2, 0.25) is 0 Å². The maximum absolute atomic E-state index is 12.3. The van der Waals surface area contributed by atoms with Gasteiger partial charge in [0, 0.05) is 5.56 Å². The Balaban J connectivity index is 1.92. The van der Waals surface area contributed by atoms with Gasteiger partial charge >= 0.3 is 5.97 Å². The second-order valence-electron chi connectivity index (χ2n) is 6.70. The van der Waals surface area contributed by atoms with Crippen LogP contribution in [-0.4, -0.2) is 30.4 Å². The summed E-state index contributed by atoms with van der Waals surface area (Å²) in [6, 6.07) is 14.1. The molecule has 0 aliphatic rings. The molecule has 2 aromatic carbocycles. The number of carbonyl (C=O) groups is 3. The number of para-hydroxylation sites is 2. The Morgan fingerprint density at radius 3 is 2.29 bits per heavy atom. The molecule has 2 aromatic rings. The molecule has 0 heterocycles. The van der Waals surface area contributed by atoms with Crippen molar-refractivity contribution in [3.8, 4) is 5.75 Å². The van der Waals surface area contributed by atoms with Crippen LogP contribution in [0.5, 0.6) is 5.75 Å². The minimum atomic E-state index is -1.03. The average Bonchev–Trinajstić information content (AvgIpc) is 2.66. The average molecular weight is 383 g/mol. The van der Waals surface area contributed by atoms with Crippen LogP contribution in [0.4, 0.5) is 5.69 Å². The number of hydrogen-bond donors (Lipinski definition) is 1. The summed E-state index contributed by atoms with van der Waals surface area (Å²) in [5, 5.41) is 2.62. The molecule has 6 heteroatoms. The largest absolute Gasteiger partial charge is 0.482 e. The molecule has 0 aromatic heterocycles. The van der Waals surface area contributed by atoms with E-state index in [9.17, 15) is 14.4 Å². The van der Waals surface area contributed by atoms with E-state index in [0.29, 0.717) is 17.0 Å². The number of esters is 1. The molecule has 6 nitrogen and oxygen atoms in total. The van der Waals surface area contributed by atoms with Crippen molar-refractivity contribution in [3.63, 3.8) is 0 Å². The van der Waals surface area contributed by atoms with Crippen molar-refractivity contribution >= 4 is 23.3 Å². The molecule has 0 saturated carbocycles. The fourth-order valence-electron chi connectivity index (χ4n) is 2.64. The molecule has 0 unspecified atom stereocenters. The van der Waals surface area contributed by atoms with Crippen LogP contribution in [0.15, 0.2) is 48.5 Å². The molecule has 148 valence electrons. The highest BCUT2D eigenvalue weighted by Crippen LogP contribution is 2.25. The summed E-state index contributed by atoms with van der Waals surface area (Å²) in [4.78, 5) is 36.0. The number of Topliss-reactive ketones (excluding diaryl/α,β-unsaturated/α-hetero) is 1. The number of rotatable bonds is 8. The van der Waals surface area contributed by atoms with Crippen molar-refractivity contribution in [2.75, 3.05) is 11.9 Å². The summed E-state index contributed by atoms with van der Waals surface area (Å²) in [5.74, 6) is -0.483. The topological polar surface area (TPSA) is 81.7 Å². The minimum absolute atomic E-state index is 0.169. The van der Waals surface area contributed by atoms with E-state index in [2.05, 4.69) is 5.32 Å². The predicted molar refractivity (Wildman–Crippen MR) is 107 cm³/mol. The smallest absolute Gasteiger partial charge is 0.344 e. The summed E-state index contributed by atoms with van der Waals surface area (Å²) in [7, 11) is 0. The molecule has 2 rings (SSSR count). The van der Waals surface area contributed by atoms with Crippen LogP contribution in [0.2, 0.25) is 0 Å². The first kappa shape index (κ1) is 21.2. The third-order valence-corrected chi connectivity index (χ3v) is 4.13. The number of ketones is 1. The number of ether oxygens (including phenoxy) is 2. The zero-order chi connectivity index (χ0) is 20.7. The number of carbonyl (C=O) groups excluding carboxylic acids is 3. The molecular formula is C22H25NO5. The lowest BCUT2D eigenvalue weighted by molar-refractivity contribution is -0.155. The van der Waals surface area contributed by atoms with E-state index in [0.717, 1.165) is 5.56 Å². The maximum Gasteiger partial charge on any atom is 0.344 e.